The van der Waals surface area contributed by atoms with Gasteiger partial charge in [0, 0.05) is 24.5 Å². The molecular formula is C19H24ClN3O3S. The number of nitrogen functional groups attached to an aromatic ring is 1. The van der Waals surface area contributed by atoms with Gasteiger partial charge in [0.1, 0.15) is 0 Å². The van der Waals surface area contributed by atoms with E-state index < -0.39 is 10.0 Å². The standard InChI is InChI=1S/C19H23N3O3S.ClH/c1-14-9-10-15(21-19(23)16-7-3-4-8-17(16)20)13-18(14)26(24,25)22-11-5-2-6-12-22;/h3-4,7-10,13H,2,5-6,11-12,20H2,1H3,(H,21,23);1H. The fraction of sp³-hybridized carbons (Fsp3) is 0.316. The fourth-order valence-electron chi connectivity index (χ4n) is 3.10. The van der Waals surface area contributed by atoms with Gasteiger partial charge in [-0.05, 0) is 49.6 Å². The maximum absolute atomic E-state index is 13.0. The molecule has 0 radical (unpaired) electrons. The molecule has 1 fully saturated rings. The summed E-state index contributed by atoms with van der Waals surface area (Å²) >= 11 is 0. The Morgan fingerprint density at radius 3 is 2.41 bits per heavy atom. The first-order valence-electron chi connectivity index (χ1n) is 8.66. The molecule has 6 nitrogen and oxygen atoms in total. The van der Waals surface area contributed by atoms with Crippen LogP contribution in [0.15, 0.2) is 47.4 Å². The number of amides is 1. The van der Waals surface area contributed by atoms with E-state index in [0.717, 1.165) is 19.3 Å². The van der Waals surface area contributed by atoms with E-state index >= 15 is 0 Å². The van der Waals surface area contributed by atoms with Crippen molar-refractivity contribution in [3.05, 3.63) is 53.6 Å². The van der Waals surface area contributed by atoms with Crippen LogP contribution in [0.3, 0.4) is 0 Å². The number of rotatable bonds is 4. The van der Waals surface area contributed by atoms with Crippen LogP contribution in [0.2, 0.25) is 0 Å². The van der Waals surface area contributed by atoms with Gasteiger partial charge in [0.25, 0.3) is 5.91 Å². The Balaban J connectivity index is 0.00000261. The number of nitrogens with zero attached hydrogens (tertiary/aromatic N) is 1. The van der Waals surface area contributed by atoms with E-state index in [0.29, 0.717) is 35.6 Å². The van der Waals surface area contributed by atoms with Crippen molar-refractivity contribution in [2.75, 3.05) is 24.1 Å². The van der Waals surface area contributed by atoms with Crippen molar-refractivity contribution in [2.45, 2.75) is 31.1 Å². The molecule has 0 unspecified atom stereocenters. The Morgan fingerprint density at radius 2 is 1.74 bits per heavy atom. The zero-order valence-electron chi connectivity index (χ0n) is 15.1. The molecule has 0 aromatic heterocycles. The Hall–Kier alpha value is -2.09. The van der Waals surface area contributed by atoms with Crippen molar-refractivity contribution in [3.8, 4) is 0 Å². The molecule has 27 heavy (non-hydrogen) atoms. The van der Waals surface area contributed by atoms with Crippen molar-refractivity contribution in [2.24, 2.45) is 0 Å². The molecular weight excluding hydrogens is 386 g/mol. The predicted octanol–water partition coefficient (Wildman–Crippen LogP) is 3.43. The van der Waals surface area contributed by atoms with Crippen molar-refractivity contribution in [1.29, 1.82) is 0 Å². The normalized spacial score (nSPS) is 15.0. The minimum atomic E-state index is -3.57. The Kier molecular flexibility index (Phi) is 6.86. The van der Waals surface area contributed by atoms with Crippen LogP contribution >= 0.6 is 12.4 Å². The quantitative estimate of drug-likeness (QED) is 0.756. The Bertz CT molecular complexity index is 926. The van der Waals surface area contributed by atoms with Crippen LogP contribution < -0.4 is 11.1 Å². The third-order valence-electron chi connectivity index (χ3n) is 4.58. The number of nitrogens with two attached hydrogens (primary N) is 1. The van der Waals surface area contributed by atoms with E-state index in [1.165, 1.54) is 10.4 Å². The van der Waals surface area contributed by atoms with Gasteiger partial charge in [0.2, 0.25) is 10.0 Å². The number of piperidine rings is 1. The van der Waals surface area contributed by atoms with Crippen molar-refractivity contribution in [3.63, 3.8) is 0 Å². The third kappa shape index (κ3) is 4.61. The van der Waals surface area contributed by atoms with Gasteiger partial charge in [-0.2, -0.15) is 4.31 Å². The molecule has 0 aliphatic carbocycles. The largest absolute Gasteiger partial charge is 0.398 e. The molecule has 3 rings (SSSR count). The molecule has 3 N–H and O–H groups in total. The lowest BCUT2D eigenvalue weighted by Crippen LogP contribution is -2.36. The number of nitrogens with one attached hydrogen (secondary N) is 1. The summed E-state index contributed by atoms with van der Waals surface area (Å²) in [5.74, 6) is -0.367. The second-order valence-corrected chi connectivity index (χ2v) is 8.39. The number of aryl methyl sites for hydroxylation is 1. The van der Waals surface area contributed by atoms with E-state index in [2.05, 4.69) is 5.32 Å². The average Bonchev–Trinajstić information content (AvgIpc) is 2.64. The topological polar surface area (TPSA) is 92.5 Å². The fourth-order valence-corrected chi connectivity index (χ4v) is 4.87. The highest BCUT2D eigenvalue weighted by molar-refractivity contribution is 7.89. The van der Waals surface area contributed by atoms with Crippen molar-refractivity contribution in [1.82, 2.24) is 4.31 Å². The van der Waals surface area contributed by atoms with Crippen LogP contribution in [-0.4, -0.2) is 31.7 Å². The molecule has 146 valence electrons. The Labute approximate surface area is 166 Å². The lowest BCUT2D eigenvalue weighted by atomic mass is 10.1. The summed E-state index contributed by atoms with van der Waals surface area (Å²) in [6, 6.07) is 11.7. The zero-order chi connectivity index (χ0) is 18.7. The van der Waals surface area contributed by atoms with E-state index in [1.54, 1.807) is 43.3 Å². The number of para-hydroxylation sites is 1. The van der Waals surface area contributed by atoms with Crippen LogP contribution in [0.5, 0.6) is 0 Å². The summed E-state index contributed by atoms with van der Waals surface area (Å²) in [5.41, 5.74) is 7.65. The minimum Gasteiger partial charge on any atom is -0.398 e. The van der Waals surface area contributed by atoms with Crippen LogP contribution in [0, 0.1) is 6.92 Å². The highest BCUT2D eigenvalue weighted by atomic mass is 35.5. The van der Waals surface area contributed by atoms with Crippen LogP contribution in [-0.2, 0) is 10.0 Å². The number of anilines is 2. The van der Waals surface area contributed by atoms with Gasteiger partial charge in [-0.15, -0.1) is 12.4 Å². The second kappa shape index (κ2) is 8.73. The Morgan fingerprint density at radius 1 is 1.07 bits per heavy atom. The smallest absolute Gasteiger partial charge is 0.257 e. The highest BCUT2D eigenvalue weighted by Gasteiger charge is 2.27. The van der Waals surface area contributed by atoms with E-state index in [4.69, 9.17) is 5.73 Å². The van der Waals surface area contributed by atoms with Crippen molar-refractivity contribution >= 4 is 39.7 Å². The number of hydrogen-bond donors (Lipinski definition) is 2. The van der Waals surface area contributed by atoms with Crippen LogP contribution in [0.4, 0.5) is 11.4 Å². The molecule has 1 aliphatic heterocycles. The summed E-state index contributed by atoms with van der Waals surface area (Å²) < 4.78 is 27.5. The van der Waals surface area contributed by atoms with Gasteiger partial charge in [-0.1, -0.05) is 24.6 Å². The van der Waals surface area contributed by atoms with Crippen LogP contribution in [0.25, 0.3) is 0 Å². The zero-order valence-corrected chi connectivity index (χ0v) is 16.8. The average molecular weight is 410 g/mol. The van der Waals surface area contributed by atoms with Gasteiger partial charge < -0.3 is 11.1 Å². The maximum Gasteiger partial charge on any atom is 0.257 e. The molecule has 1 heterocycles. The molecule has 0 saturated carbocycles. The molecule has 8 heteroatoms. The number of carbonyl (C=O) groups excluding carboxylic acids is 1. The maximum atomic E-state index is 13.0. The first kappa shape index (κ1) is 21.2. The third-order valence-corrected chi connectivity index (χ3v) is 6.62. The van der Waals surface area contributed by atoms with Crippen LogP contribution in [0.1, 0.15) is 35.2 Å². The highest BCUT2D eigenvalue weighted by Crippen LogP contribution is 2.26. The van der Waals surface area contributed by atoms with E-state index in [1.807, 2.05) is 0 Å². The summed E-state index contributed by atoms with van der Waals surface area (Å²) in [6.07, 6.45) is 2.81. The molecule has 0 spiro atoms. The molecule has 2 aromatic rings. The first-order valence-corrected chi connectivity index (χ1v) is 10.1. The summed E-state index contributed by atoms with van der Waals surface area (Å²) in [7, 11) is -3.57. The molecule has 1 saturated heterocycles. The summed E-state index contributed by atoms with van der Waals surface area (Å²) in [5, 5.41) is 2.74. The van der Waals surface area contributed by atoms with E-state index in [-0.39, 0.29) is 23.2 Å². The summed E-state index contributed by atoms with van der Waals surface area (Å²) in [4.78, 5) is 12.7. The predicted molar refractivity (Wildman–Crippen MR) is 110 cm³/mol. The lowest BCUT2D eigenvalue weighted by Gasteiger charge is -2.26. The van der Waals surface area contributed by atoms with Gasteiger partial charge in [0.15, 0.2) is 0 Å². The SMILES string of the molecule is Cc1ccc(NC(=O)c2ccccc2N)cc1S(=O)(=O)N1CCCCC1.Cl. The number of sulfonamides is 1. The number of halogens is 1. The number of hydrogen-bond acceptors (Lipinski definition) is 4. The lowest BCUT2D eigenvalue weighted by molar-refractivity contribution is 0.102. The summed E-state index contributed by atoms with van der Waals surface area (Å²) in [6.45, 7) is 2.84. The van der Waals surface area contributed by atoms with Gasteiger partial charge in [-0.3, -0.25) is 4.79 Å². The monoisotopic (exact) mass is 409 g/mol. The molecule has 0 atom stereocenters. The van der Waals surface area contributed by atoms with Gasteiger partial charge >= 0.3 is 0 Å². The van der Waals surface area contributed by atoms with E-state index in [9.17, 15) is 13.2 Å². The number of carbonyl (C=O) groups is 1. The first-order chi connectivity index (χ1) is 12.4. The van der Waals surface area contributed by atoms with Crippen molar-refractivity contribution < 1.29 is 13.2 Å². The second-order valence-electron chi connectivity index (χ2n) is 6.49. The minimum absolute atomic E-state index is 0. The molecule has 0 bridgehead atoms. The molecule has 1 aliphatic rings. The molecule has 1 amide bonds. The molecule has 2 aromatic carbocycles. The number of benzene rings is 2. The van der Waals surface area contributed by atoms with Gasteiger partial charge in [-0.25, -0.2) is 8.42 Å². The van der Waals surface area contributed by atoms with Gasteiger partial charge in [0.05, 0.1) is 10.5 Å².